The molecule has 4 rings (SSSR count). The number of non-ortho nitro benzene ring substituents is 1. The van der Waals surface area contributed by atoms with Crippen LogP contribution in [0.5, 0.6) is 11.6 Å². The summed E-state index contributed by atoms with van der Waals surface area (Å²) in [6, 6.07) is 15.1. The number of anilines is 1. The van der Waals surface area contributed by atoms with Crippen molar-refractivity contribution in [2.45, 2.75) is 6.92 Å². The number of hydrogen-bond acceptors (Lipinski definition) is 7. The highest BCUT2D eigenvalue weighted by Gasteiger charge is 2.25. The van der Waals surface area contributed by atoms with Crippen molar-refractivity contribution in [1.29, 1.82) is 0 Å². The lowest BCUT2D eigenvalue weighted by molar-refractivity contribution is -0.384. The second-order valence-electron chi connectivity index (χ2n) is 7.23. The molecule has 0 aliphatic carbocycles. The van der Waals surface area contributed by atoms with Gasteiger partial charge in [0.25, 0.3) is 11.6 Å². The van der Waals surface area contributed by atoms with Crippen molar-refractivity contribution < 1.29 is 14.5 Å². The average molecular weight is 454 g/mol. The van der Waals surface area contributed by atoms with Gasteiger partial charge in [0.05, 0.1) is 15.5 Å². The van der Waals surface area contributed by atoms with E-state index in [-0.39, 0.29) is 22.2 Å². The lowest BCUT2D eigenvalue weighted by Crippen LogP contribution is -2.49. The summed E-state index contributed by atoms with van der Waals surface area (Å²) in [5.41, 5.74) is 0.103. The van der Waals surface area contributed by atoms with Gasteiger partial charge in [0.1, 0.15) is 17.4 Å². The Bertz CT molecular complexity index is 1150. The zero-order valence-corrected chi connectivity index (χ0v) is 18.0. The van der Waals surface area contributed by atoms with Crippen LogP contribution >= 0.6 is 11.6 Å². The van der Waals surface area contributed by atoms with Crippen LogP contribution in [0.1, 0.15) is 16.2 Å². The van der Waals surface area contributed by atoms with Gasteiger partial charge >= 0.3 is 0 Å². The molecule has 1 fully saturated rings. The molecule has 0 N–H and O–H groups in total. The smallest absolute Gasteiger partial charge is 0.270 e. The maximum Gasteiger partial charge on any atom is 0.270 e. The summed E-state index contributed by atoms with van der Waals surface area (Å²) >= 11 is 6.12. The van der Waals surface area contributed by atoms with Crippen LogP contribution in [0.3, 0.4) is 0 Å². The molecule has 0 atom stereocenters. The first-order valence-electron chi connectivity index (χ1n) is 9.97. The molecule has 0 spiro atoms. The number of nitro groups is 1. The fourth-order valence-corrected chi connectivity index (χ4v) is 3.70. The predicted octanol–water partition coefficient (Wildman–Crippen LogP) is 4.10. The maximum absolute atomic E-state index is 12.9. The Morgan fingerprint density at radius 2 is 1.78 bits per heavy atom. The molecule has 1 aliphatic heterocycles. The molecule has 0 radical (unpaired) electrons. The SMILES string of the molecule is Cc1nc(Oc2ccccc2)cc(N2CCN(C(=O)c3ccc([N+](=O)[O-])cc3Cl)CC2)n1. The number of carbonyl (C=O) groups is 1. The molecule has 0 saturated carbocycles. The highest BCUT2D eigenvalue weighted by Crippen LogP contribution is 2.26. The largest absolute Gasteiger partial charge is 0.439 e. The summed E-state index contributed by atoms with van der Waals surface area (Å²) in [5.74, 6) is 2.20. The molecule has 9 nitrogen and oxygen atoms in total. The second kappa shape index (κ2) is 9.19. The van der Waals surface area contributed by atoms with Gasteiger partial charge in [0.15, 0.2) is 0 Å². The maximum atomic E-state index is 12.9. The van der Waals surface area contributed by atoms with Crippen molar-refractivity contribution in [1.82, 2.24) is 14.9 Å². The standard InChI is InChI=1S/C22H20ClN5O4/c1-15-24-20(14-21(25-15)32-17-5-3-2-4-6-17)26-9-11-27(12-10-26)22(29)18-8-7-16(28(30)31)13-19(18)23/h2-8,13-14H,9-12H2,1H3. The van der Waals surface area contributed by atoms with E-state index in [1.807, 2.05) is 30.3 Å². The fourth-order valence-electron chi connectivity index (χ4n) is 3.45. The zero-order valence-electron chi connectivity index (χ0n) is 17.3. The molecule has 1 aliphatic rings. The Morgan fingerprint density at radius 1 is 1.06 bits per heavy atom. The van der Waals surface area contributed by atoms with Crippen LogP contribution in [0.4, 0.5) is 11.5 Å². The lowest BCUT2D eigenvalue weighted by Gasteiger charge is -2.35. The number of carbonyl (C=O) groups excluding carboxylic acids is 1. The van der Waals surface area contributed by atoms with E-state index in [2.05, 4.69) is 14.9 Å². The van der Waals surface area contributed by atoms with Crippen molar-refractivity contribution in [3.63, 3.8) is 0 Å². The van der Waals surface area contributed by atoms with Gasteiger partial charge in [-0.2, -0.15) is 4.98 Å². The Balaban J connectivity index is 1.43. The molecular weight excluding hydrogens is 434 g/mol. The summed E-state index contributed by atoms with van der Waals surface area (Å²) in [6.07, 6.45) is 0. The van der Waals surface area contributed by atoms with Crippen LogP contribution in [0, 0.1) is 17.0 Å². The number of para-hydroxylation sites is 1. The van der Waals surface area contributed by atoms with E-state index in [0.717, 1.165) is 5.82 Å². The highest BCUT2D eigenvalue weighted by molar-refractivity contribution is 6.34. The third-order valence-corrected chi connectivity index (χ3v) is 5.36. The second-order valence-corrected chi connectivity index (χ2v) is 7.63. The third kappa shape index (κ3) is 4.78. The minimum atomic E-state index is -0.543. The Labute approximate surface area is 189 Å². The van der Waals surface area contributed by atoms with Gasteiger partial charge in [-0.3, -0.25) is 14.9 Å². The number of aromatic nitrogens is 2. The monoisotopic (exact) mass is 453 g/mol. The number of aryl methyl sites for hydroxylation is 1. The van der Waals surface area contributed by atoms with E-state index in [0.29, 0.717) is 43.6 Å². The van der Waals surface area contributed by atoms with E-state index in [1.54, 1.807) is 17.9 Å². The summed E-state index contributed by atoms with van der Waals surface area (Å²) < 4.78 is 5.84. The number of hydrogen-bond donors (Lipinski definition) is 0. The predicted molar refractivity (Wildman–Crippen MR) is 120 cm³/mol. The molecule has 1 saturated heterocycles. The molecular formula is C22H20ClN5O4. The average Bonchev–Trinajstić information content (AvgIpc) is 2.79. The van der Waals surface area contributed by atoms with Crippen LogP contribution in [-0.2, 0) is 0 Å². The van der Waals surface area contributed by atoms with E-state index in [1.165, 1.54) is 18.2 Å². The van der Waals surface area contributed by atoms with Gasteiger partial charge in [-0.15, -0.1) is 0 Å². The Morgan fingerprint density at radius 3 is 2.44 bits per heavy atom. The highest BCUT2D eigenvalue weighted by atomic mass is 35.5. The number of amides is 1. The Hall–Kier alpha value is -3.72. The topological polar surface area (TPSA) is 102 Å². The zero-order chi connectivity index (χ0) is 22.7. The van der Waals surface area contributed by atoms with E-state index in [9.17, 15) is 14.9 Å². The van der Waals surface area contributed by atoms with Crippen molar-refractivity contribution in [3.05, 3.63) is 81.1 Å². The summed E-state index contributed by atoms with van der Waals surface area (Å²) in [7, 11) is 0. The first-order valence-corrected chi connectivity index (χ1v) is 10.4. The number of nitrogens with zero attached hydrogens (tertiary/aromatic N) is 5. The first kappa shape index (κ1) is 21.5. The van der Waals surface area contributed by atoms with Gasteiger partial charge in [0.2, 0.25) is 5.88 Å². The van der Waals surface area contributed by atoms with Crippen LogP contribution in [0.25, 0.3) is 0 Å². The van der Waals surface area contributed by atoms with Gasteiger partial charge in [-0.25, -0.2) is 4.98 Å². The van der Waals surface area contributed by atoms with Crippen LogP contribution in [0.2, 0.25) is 5.02 Å². The normalized spacial score (nSPS) is 13.7. The summed E-state index contributed by atoms with van der Waals surface area (Å²) in [5, 5.41) is 11.0. The minimum Gasteiger partial charge on any atom is -0.439 e. The molecule has 2 aromatic carbocycles. The number of halogens is 1. The van der Waals surface area contributed by atoms with Crippen molar-refractivity contribution in [2.24, 2.45) is 0 Å². The minimum absolute atomic E-state index is 0.0701. The van der Waals surface area contributed by atoms with Crippen molar-refractivity contribution in [3.8, 4) is 11.6 Å². The molecule has 1 aromatic heterocycles. The molecule has 10 heteroatoms. The number of rotatable bonds is 5. The molecule has 0 unspecified atom stereocenters. The summed E-state index contributed by atoms with van der Waals surface area (Å²) in [6.45, 7) is 3.86. The first-order chi connectivity index (χ1) is 15.4. The van der Waals surface area contributed by atoms with E-state index >= 15 is 0 Å². The number of nitro benzene ring substituents is 1. The molecule has 164 valence electrons. The molecule has 2 heterocycles. The van der Waals surface area contributed by atoms with Crippen LogP contribution in [-0.4, -0.2) is 51.9 Å². The number of benzene rings is 2. The van der Waals surface area contributed by atoms with Gasteiger partial charge in [0, 0.05) is 44.4 Å². The number of ether oxygens (including phenoxy) is 1. The van der Waals surface area contributed by atoms with E-state index < -0.39 is 4.92 Å². The quantitative estimate of drug-likeness (QED) is 0.423. The van der Waals surface area contributed by atoms with Gasteiger partial charge in [-0.1, -0.05) is 29.8 Å². The molecule has 32 heavy (non-hydrogen) atoms. The third-order valence-electron chi connectivity index (χ3n) is 5.05. The molecule has 0 bridgehead atoms. The van der Waals surface area contributed by atoms with Crippen molar-refractivity contribution >= 4 is 29.0 Å². The molecule has 3 aromatic rings. The summed E-state index contributed by atoms with van der Waals surface area (Å²) in [4.78, 5) is 35.8. The fraction of sp³-hybridized carbons (Fsp3) is 0.227. The lowest BCUT2D eigenvalue weighted by atomic mass is 10.1. The van der Waals surface area contributed by atoms with Gasteiger partial charge < -0.3 is 14.5 Å². The molecule has 1 amide bonds. The van der Waals surface area contributed by atoms with Crippen molar-refractivity contribution in [2.75, 3.05) is 31.1 Å². The van der Waals surface area contributed by atoms with E-state index in [4.69, 9.17) is 16.3 Å². The van der Waals surface area contributed by atoms with Crippen LogP contribution < -0.4 is 9.64 Å². The van der Waals surface area contributed by atoms with Gasteiger partial charge in [-0.05, 0) is 25.1 Å². The van der Waals surface area contributed by atoms with Crippen LogP contribution in [0.15, 0.2) is 54.6 Å². The number of piperazine rings is 1. The Kier molecular flexibility index (Phi) is 6.18.